The Kier molecular flexibility index (Phi) is 3.50. The molecule has 12 heavy (non-hydrogen) atoms. The second kappa shape index (κ2) is 4.21. The maximum Gasteiger partial charge on any atom is 0.0639 e. The van der Waals surface area contributed by atoms with Gasteiger partial charge >= 0.3 is 0 Å². The Bertz CT molecular complexity index is 138. The number of aliphatic hydroxyl groups is 1. The fourth-order valence-electron chi connectivity index (χ4n) is 1.79. The Labute approximate surface area is 74.5 Å². The fraction of sp³-hybridized carbons (Fsp3) is 1.00. The van der Waals surface area contributed by atoms with Crippen LogP contribution in [0.15, 0.2) is 0 Å². The summed E-state index contributed by atoms with van der Waals surface area (Å²) in [5, 5.41) is 9.18. The lowest BCUT2D eigenvalue weighted by Crippen LogP contribution is -2.47. The van der Waals surface area contributed by atoms with Crippen molar-refractivity contribution in [1.82, 2.24) is 4.90 Å². The summed E-state index contributed by atoms with van der Waals surface area (Å²) in [6.07, 6.45) is 0.847. The minimum absolute atomic E-state index is 0.216. The summed E-state index contributed by atoms with van der Waals surface area (Å²) in [6.45, 7) is 6.87. The molecule has 0 amide bonds. The smallest absolute Gasteiger partial charge is 0.0639 e. The quantitative estimate of drug-likeness (QED) is 0.618. The van der Waals surface area contributed by atoms with Crippen LogP contribution in [0.2, 0.25) is 0 Å². The molecule has 0 aromatic rings. The Morgan fingerprint density at radius 3 is 2.83 bits per heavy atom. The molecule has 0 aliphatic carbocycles. The van der Waals surface area contributed by atoms with E-state index in [4.69, 9.17) is 5.73 Å². The van der Waals surface area contributed by atoms with Gasteiger partial charge in [-0.3, -0.25) is 0 Å². The highest BCUT2D eigenvalue weighted by Crippen LogP contribution is 2.14. The van der Waals surface area contributed by atoms with Crippen LogP contribution in [0.1, 0.15) is 20.3 Å². The van der Waals surface area contributed by atoms with E-state index in [0.29, 0.717) is 12.0 Å². The van der Waals surface area contributed by atoms with Crippen molar-refractivity contribution in [3.8, 4) is 0 Å². The van der Waals surface area contributed by atoms with E-state index < -0.39 is 0 Å². The van der Waals surface area contributed by atoms with Crippen molar-refractivity contribution >= 4 is 0 Å². The van der Waals surface area contributed by atoms with Crippen LogP contribution in [0.25, 0.3) is 0 Å². The molecule has 1 rings (SSSR count). The van der Waals surface area contributed by atoms with E-state index in [1.165, 1.54) is 0 Å². The van der Waals surface area contributed by atoms with E-state index in [1.54, 1.807) is 0 Å². The zero-order valence-corrected chi connectivity index (χ0v) is 8.03. The Morgan fingerprint density at radius 1 is 1.67 bits per heavy atom. The summed E-state index contributed by atoms with van der Waals surface area (Å²) in [7, 11) is 0. The van der Waals surface area contributed by atoms with Crippen LogP contribution in [0.4, 0.5) is 0 Å². The van der Waals surface area contributed by atoms with Gasteiger partial charge in [0, 0.05) is 19.1 Å². The van der Waals surface area contributed by atoms with Crippen LogP contribution in [-0.4, -0.2) is 41.8 Å². The average Bonchev–Trinajstić information content (AvgIpc) is 1.96. The number of β-amino-alcohol motifs (C(OH)–C–C–N with tert-alkyl or cyclic N) is 1. The van der Waals surface area contributed by atoms with Crippen LogP contribution in [0.3, 0.4) is 0 Å². The highest BCUT2D eigenvalue weighted by atomic mass is 16.3. The molecular weight excluding hydrogens is 152 g/mol. The lowest BCUT2D eigenvalue weighted by Gasteiger charge is -2.35. The standard InChI is InChI=1S/C9H20N2O/c1-7-5-11(6-8(2)12)4-3-9(7)10/h7-9,12H,3-6,10H2,1-2H3. The number of hydrogen-bond acceptors (Lipinski definition) is 3. The van der Waals surface area contributed by atoms with Crippen LogP contribution in [-0.2, 0) is 0 Å². The second-order valence-corrected chi connectivity index (χ2v) is 4.04. The molecule has 1 aliphatic rings. The number of likely N-dealkylation sites (tertiary alicyclic amines) is 1. The molecule has 3 nitrogen and oxygen atoms in total. The van der Waals surface area contributed by atoms with Gasteiger partial charge in [-0.25, -0.2) is 0 Å². The first kappa shape index (κ1) is 9.96. The second-order valence-electron chi connectivity index (χ2n) is 4.04. The van der Waals surface area contributed by atoms with Gasteiger partial charge in [-0.15, -0.1) is 0 Å². The summed E-state index contributed by atoms with van der Waals surface area (Å²) in [6, 6.07) is 0.357. The van der Waals surface area contributed by atoms with E-state index in [1.807, 2.05) is 6.92 Å². The number of nitrogens with zero attached hydrogens (tertiary/aromatic N) is 1. The highest BCUT2D eigenvalue weighted by Gasteiger charge is 2.23. The van der Waals surface area contributed by atoms with Crippen molar-refractivity contribution in [1.29, 1.82) is 0 Å². The van der Waals surface area contributed by atoms with Crippen molar-refractivity contribution in [2.75, 3.05) is 19.6 Å². The van der Waals surface area contributed by atoms with Crippen LogP contribution < -0.4 is 5.73 Å². The third-order valence-electron chi connectivity index (χ3n) is 2.58. The first-order chi connectivity index (χ1) is 5.59. The molecular formula is C9H20N2O. The monoisotopic (exact) mass is 172 g/mol. The Balaban J connectivity index is 2.30. The summed E-state index contributed by atoms with van der Waals surface area (Å²) < 4.78 is 0. The van der Waals surface area contributed by atoms with Gasteiger partial charge in [0.25, 0.3) is 0 Å². The predicted octanol–water partition coefficient (Wildman–Crippen LogP) is 0.0363. The summed E-state index contributed by atoms with van der Waals surface area (Å²) in [5.41, 5.74) is 5.88. The minimum Gasteiger partial charge on any atom is -0.392 e. The molecule has 1 saturated heterocycles. The molecule has 0 aromatic heterocycles. The van der Waals surface area contributed by atoms with Crippen molar-refractivity contribution in [2.24, 2.45) is 11.7 Å². The molecule has 3 N–H and O–H groups in total. The SMILES string of the molecule is CC(O)CN1CCC(N)C(C)C1. The molecule has 1 aliphatic heterocycles. The lowest BCUT2D eigenvalue weighted by molar-refractivity contribution is 0.0911. The molecule has 0 aromatic carbocycles. The van der Waals surface area contributed by atoms with Gasteiger partial charge in [-0.1, -0.05) is 6.92 Å². The maximum absolute atomic E-state index is 9.18. The topological polar surface area (TPSA) is 49.5 Å². The fourth-order valence-corrected chi connectivity index (χ4v) is 1.79. The molecule has 3 unspecified atom stereocenters. The molecule has 3 atom stereocenters. The van der Waals surface area contributed by atoms with Crippen molar-refractivity contribution in [3.05, 3.63) is 0 Å². The third kappa shape index (κ3) is 2.73. The molecule has 72 valence electrons. The predicted molar refractivity (Wildman–Crippen MR) is 49.9 cm³/mol. The van der Waals surface area contributed by atoms with Gasteiger partial charge in [-0.2, -0.15) is 0 Å². The van der Waals surface area contributed by atoms with Crippen LogP contribution in [0, 0.1) is 5.92 Å². The van der Waals surface area contributed by atoms with Gasteiger partial charge in [0.05, 0.1) is 6.10 Å². The lowest BCUT2D eigenvalue weighted by atomic mass is 9.95. The normalized spacial score (nSPS) is 35.0. The number of piperidine rings is 1. The average molecular weight is 172 g/mol. The zero-order chi connectivity index (χ0) is 9.14. The number of nitrogens with two attached hydrogens (primary N) is 1. The number of rotatable bonds is 2. The molecule has 0 bridgehead atoms. The minimum atomic E-state index is -0.216. The first-order valence-electron chi connectivity index (χ1n) is 4.75. The van der Waals surface area contributed by atoms with Gasteiger partial charge in [-0.05, 0) is 25.8 Å². The van der Waals surface area contributed by atoms with E-state index in [2.05, 4.69) is 11.8 Å². The Morgan fingerprint density at radius 2 is 2.33 bits per heavy atom. The van der Waals surface area contributed by atoms with E-state index >= 15 is 0 Å². The van der Waals surface area contributed by atoms with Crippen molar-refractivity contribution < 1.29 is 5.11 Å². The van der Waals surface area contributed by atoms with Crippen LogP contribution >= 0.6 is 0 Å². The summed E-state index contributed by atoms with van der Waals surface area (Å²) in [4.78, 5) is 2.29. The van der Waals surface area contributed by atoms with Gasteiger partial charge in [0.1, 0.15) is 0 Å². The van der Waals surface area contributed by atoms with E-state index in [0.717, 1.165) is 26.1 Å². The highest BCUT2D eigenvalue weighted by molar-refractivity contribution is 4.80. The molecule has 0 saturated carbocycles. The maximum atomic E-state index is 9.18. The third-order valence-corrected chi connectivity index (χ3v) is 2.58. The largest absolute Gasteiger partial charge is 0.392 e. The van der Waals surface area contributed by atoms with Gasteiger partial charge < -0.3 is 15.7 Å². The summed E-state index contributed by atoms with van der Waals surface area (Å²) >= 11 is 0. The Hall–Kier alpha value is -0.120. The van der Waals surface area contributed by atoms with E-state index in [9.17, 15) is 5.11 Å². The number of hydrogen-bond donors (Lipinski definition) is 2. The zero-order valence-electron chi connectivity index (χ0n) is 8.03. The summed E-state index contributed by atoms with van der Waals surface area (Å²) in [5.74, 6) is 0.567. The van der Waals surface area contributed by atoms with Crippen LogP contribution in [0.5, 0.6) is 0 Å². The molecule has 3 heteroatoms. The van der Waals surface area contributed by atoms with Crippen molar-refractivity contribution in [2.45, 2.75) is 32.4 Å². The molecule has 1 heterocycles. The first-order valence-corrected chi connectivity index (χ1v) is 4.75. The molecule has 0 spiro atoms. The van der Waals surface area contributed by atoms with Gasteiger partial charge in [0.15, 0.2) is 0 Å². The number of aliphatic hydroxyl groups excluding tert-OH is 1. The molecule has 0 radical (unpaired) electrons. The van der Waals surface area contributed by atoms with Crippen molar-refractivity contribution in [3.63, 3.8) is 0 Å². The van der Waals surface area contributed by atoms with Gasteiger partial charge in [0.2, 0.25) is 0 Å². The molecule has 1 fully saturated rings. The van der Waals surface area contributed by atoms with E-state index in [-0.39, 0.29) is 6.10 Å².